The van der Waals surface area contributed by atoms with Gasteiger partial charge in [0.25, 0.3) is 0 Å². The summed E-state index contributed by atoms with van der Waals surface area (Å²) in [6.07, 6.45) is 3.32. The first-order valence-electron chi connectivity index (χ1n) is 4.73. The Kier molecular flexibility index (Phi) is 3.31. The largest absolute Gasteiger partial charge is 0.478 e. The SMILES string of the molecule is O=C(O)c1cccc(SCc2ccoc2)c1. The van der Waals surface area contributed by atoms with Gasteiger partial charge < -0.3 is 9.52 Å². The molecule has 0 amide bonds. The van der Waals surface area contributed by atoms with Crippen LogP contribution in [0.1, 0.15) is 15.9 Å². The average molecular weight is 234 g/mol. The lowest BCUT2D eigenvalue weighted by atomic mass is 10.2. The molecule has 1 heterocycles. The molecule has 2 aromatic rings. The van der Waals surface area contributed by atoms with Gasteiger partial charge in [0.15, 0.2) is 0 Å². The number of benzene rings is 1. The second kappa shape index (κ2) is 4.90. The highest BCUT2D eigenvalue weighted by atomic mass is 32.2. The van der Waals surface area contributed by atoms with E-state index in [1.54, 1.807) is 42.5 Å². The molecule has 0 spiro atoms. The van der Waals surface area contributed by atoms with Crippen molar-refractivity contribution in [3.63, 3.8) is 0 Å². The molecule has 0 atom stereocenters. The summed E-state index contributed by atoms with van der Waals surface area (Å²) in [5.41, 5.74) is 1.41. The molecule has 1 aromatic carbocycles. The van der Waals surface area contributed by atoms with Crippen LogP contribution >= 0.6 is 11.8 Å². The van der Waals surface area contributed by atoms with E-state index in [4.69, 9.17) is 9.52 Å². The molecular formula is C12H10O3S. The van der Waals surface area contributed by atoms with Gasteiger partial charge in [0.2, 0.25) is 0 Å². The molecule has 2 rings (SSSR count). The van der Waals surface area contributed by atoms with Gasteiger partial charge >= 0.3 is 5.97 Å². The second-order valence-electron chi connectivity index (χ2n) is 3.25. The van der Waals surface area contributed by atoms with Gasteiger partial charge in [-0.2, -0.15) is 0 Å². The summed E-state index contributed by atoms with van der Waals surface area (Å²) in [5, 5.41) is 8.84. The van der Waals surface area contributed by atoms with Crippen LogP contribution in [0.3, 0.4) is 0 Å². The van der Waals surface area contributed by atoms with E-state index >= 15 is 0 Å². The van der Waals surface area contributed by atoms with Crippen molar-refractivity contribution >= 4 is 17.7 Å². The fourth-order valence-corrected chi connectivity index (χ4v) is 2.14. The van der Waals surface area contributed by atoms with E-state index in [0.29, 0.717) is 5.56 Å². The van der Waals surface area contributed by atoms with Crippen LogP contribution < -0.4 is 0 Å². The van der Waals surface area contributed by atoms with Crippen LogP contribution in [0.15, 0.2) is 52.2 Å². The summed E-state index contributed by atoms with van der Waals surface area (Å²) in [4.78, 5) is 11.7. The molecule has 16 heavy (non-hydrogen) atoms. The molecule has 0 aliphatic heterocycles. The number of thioether (sulfide) groups is 1. The molecule has 0 bridgehead atoms. The molecule has 1 aromatic heterocycles. The monoisotopic (exact) mass is 234 g/mol. The van der Waals surface area contributed by atoms with Crippen molar-refractivity contribution in [1.29, 1.82) is 0 Å². The first-order chi connectivity index (χ1) is 7.75. The number of furan rings is 1. The Labute approximate surface area is 97.1 Å². The van der Waals surface area contributed by atoms with Crippen molar-refractivity contribution in [1.82, 2.24) is 0 Å². The molecular weight excluding hydrogens is 224 g/mol. The molecule has 0 fully saturated rings. The van der Waals surface area contributed by atoms with Gasteiger partial charge in [-0.05, 0) is 24.3 Å². The van der Waals surface area contributed by atoms with Crippen molar-refractivity contribution in [2.45, 2.75) is 10.6 Å². The Morgan fingerprint density at radius 3 is 2.94 bits per heavy atom. The maximum Gasteiger partial charge on any atom is 0.335 e. The number of hydrogen-bond acceptors (Lipinski definition) is 3. The molecule has 0 unspecified atom stereocenters. The Morgan fingerprint density at radius 1 is 1.38 bits per heavy atom. The Balaban J connectivity index is 2.04. The minimum absolute atomic E-state index is 0.317. The molecule has 3 nitrogen and oxygen atoms in total. The number of rotatable bonds is 4. The van der Waals surface area contributed by atoms with Crippen LogP contribution in [0.4, 0.5) is 0 Å². The van der Waals surface area contributed by atoms with Gasteiger partial charge in [0, 0.05) is 16.2 Å². The van der Waals surface area contributed by atoms with Crippen LogP contribution in [0, 0.1) is 0 Å². The van der Waals surface area contributed by atoms with E-state index in [2.05, 4.69) is 0 Å². The lowest BCUT2D eigenvalue weighted by Crippen LogP contribution is -1.95. The zero-order valence-electron chi connectivity index (χ0n) is 8.42. The topological polar surface area (TPSA) is 50.4 Å². The van der Waals surface area contributed by atoms with Gasteiger partial charge in [-0.3, -0.25) is 0 Å². The standard InChI is InChI=1S/C12H10O3S/c13-12(14)10-2-1-3-11(6-10)16-8-9-4-5-15-7-9/h1-7H,8H2,(H,13,14). The van der Waals surface area contributed by atoms with Gasteiger partial charge in [0.05, 0.1) is 18.1 Å². The molecule has 0 aliphatic carbocycles. The van der Waals surface area contributed by atoms with Crippen molar-refractivity contribution in [2.24, 2.45) is 0 Å². The molecule has 4 heteroatoms. The highest BCUT2D eigenvalue weighted by molar-refractivity contribution is 7.98. The normalized spacial score (nSPS) is 10.2. The lowest BCUT2D eigenvalue weighted by molar-refractivity contribution is 0.0696. The van der Waals surface area contributed by atoms with E-state index in [9.17, 15) is 4.79 Å². The molecule has 0 radical (unpaired) electrons. The van der Waals surface area contributed by atoms with E-state index in [0.717, 1.165) is 16.2 Å². The first kappa shape index (κ1) is 10.8. The lowest BCUT2D eigenvalue weighted by Gasteiger charge is -2.01. The maximum absolute atomic E-state index is 10.8. The quantitative estimate of drug-likeness (QED) is 0.825. The third kappa shape index (κ3) is 2.67. The fraction of sp³-hybridized carbons (Fsp3) is 0.0833. The van der Waals surface area contributed by atoms with E-state index in [1.807, 2.05) is 12.1 Å². The molecule has 0 aliphatic rings. The number of carbonyl (C=O) groups is 1. The molecule has 0 saturated heterocycles. The summed E-state index contributed by atoms with van der Waals surface area (Å²) in [6, 6.07) is 8.81. The van der Waals surface area contributed by atoms with Crippen LogP contribution in [0.5, 0.6) is 0 Å². The molecule has 82 valence electrons. The van der Waals surface area contributed by atoms with Gasteiger partial charge in [-0.25, -0.2) is 4.79 Å². The molecule has 0 saturated carbocycles. The van der Waals surface area contributed by atoms with Crippen LogP contribution in [-0.2, 0) is 5.75 Å². The summed E-state index contributed by atoms with van der Waals surface area (Å²) >= 11 is 1.59. The van der Waals surface area contributed by atoms with Gasteiger partial charge in [-0.1, -0.05) is 6.07 Å². The summed E-state index contributed by atoms with van der Waals surface area (Å²) in [7, 11) is 0. The second-order valence-corrected chi connectivity index (χ2v) is 4.30. The van der Waals surface area contributed by atoms with Gasteiger partial charge in [-0.15, -0.1) is 11.8 Å². The number of aromatic carboxylic acids is 1. The first-order valence-corrected chi connectivity index (χ1v) is 5.71. The van der Waals surface area contributed by atoms with Crippen LogP contribution in [0.2, 0.25) is 0 Å². The van der Waals surface area contributed by atoms with Crippen LogP contribution in [0.25, 0.3) is 0 Å². The zero-order valence-corrected chi connectivity index (χ0v) is 9.24. The molecule has 1 N–H and O–H groups in total. The predicted molar refractivity (Wildman–Crippen MR) is 61.7 cm³/mol. The van der Waals surface area contributed by atoms with Crippen LogP contribution in [-0.4, -0.2) is 11.1 Å². The highest BCUT2D eigenvalue weighted by Crippen LogP contribution is 2.23. The van der Waals surface area contributed by atoms with E-state index in [-0.39, 0.29) is 0 Å². The summed E-state index contributed by atoms with van der Waals surface area (Å²) in [5.74, 6) is -0.120. The summed E-state index contributed by atoms with van der Waals surface area (Å²) in [6.45, 7) is 0. The fourth-order valence-electron chi connectivity index (χ4n) is 1.26. The Hall–Kier alpha value is -1.68. The smallest absolute Gasteiger partial charge is 0.335 e. The number of hydrogen-bond donors (Lipinski definition) is 1. The Bertz CT molecular complexity index is 477. The number of carboxylic acids is 1. The third-order valence-electron chi connectivity index (χ3n) is 2.07. The van der Waals surface area contributed by atoms with Crippen molar-refractivity contribution in [3.8, 4) is 0 Å². The van der Waals surface area contributed by atoms with Crippen molar-refractivity contribution in [2.75, 3.05) is 0 Å². The van der Waals surface area contributed by atoms with Crippen molar-refractivity contribution in [3.05, 3.63) is 54.0 Å². The maximum atomic E-state index is 10.8. The third-order valence-corrected chi connectivity index (χ3v) is 3.13. The van der Waals surface area contributed by atoms with Crippen molar-refractivity contribution < 1.29 is 14.3 Å². The summed E-state index contributed by atoms with van der Waals surface area (Å²) < 4.78 is 4.96. The number of carboxylic acid groups (broad SMARTS) is 1. The van der Waals surface area contributed by atoms with E-state index < -0.39 is 5.97 Å². The Morgan fingerprint density at radius 2 is 2.25 bits per heavy atom. The highest BCUT2D eigenvalue weighted by Gasteiger charge is 2.03. The van der Waals surface area contributed by atoms with Gasteiger partial charge in [0.1, 0.15) is 0 Å². The zero-order chi connectivity index (χ0) is 11.4. The minimum atomic E-state index is -0.897. The van der Waals surface area contributed by atoms with E-state index in [1.165, 1.54) is 0 Å². The average Bonchev–Trinajstić information content (AvgIpc) is 2.79. The predicted octanol–water partition coefficient (Wildman–Crippen LogP) is 3.27. The minimum Gasteiger partial charge on any atom is -0.478 e.